The van der Waals surface area contributed by atoms with E-state index in [1.54, 1.807) is 0 Å². The van der Waals surface area contributed by atoms with E-state index in [9.17, 15) is 7.77 Å². The van der Waals surface area contributed by atoms with Crippen molar-refractivity contribution in [2.45, 2.75) is 12.2 Å². The van der Waals surface area contributed by atoms with Gasteiger partial charge in [-0.1, -0.05) is 6.08 Å². The molecule has 0 spiro atoms. The Hall–Kier alpha value is -0.780. The highest BCUT2D eigenvalue weighted by Crippen LogP contribution is 2.52. The van der Waals surface area contributed by atoms with Gasteiger partial charge in [0.15, 0.2) is 0 Å². The third-order valence-corrected chi connectivity index (χ3v) is 2.79. The zero-order valence-electron chi connectivity index (χ0n) is 7.82. The van der Waals surface area contributed by atoms with Crippen LogP contribution in [0.4, 0.5) is 7.77 Å². The van der Waals surface area contributed by atoms with Crippen LogP contribution >= 0.6 is 10.8 Å². The lowest BCUT2D eigenvalue weighted by Gasteiger charge is -2.19. The Morgan fingerprint density at radius 2 is 2.00 bits per heavy atom. The summed E-state index contributed by atoms with van der Waals surface area (Å²) in [4.78, 5) is 0. The molecule has 0 saturated carbocycles. The van der Waals surface area contributed by atoms with Crippen molar-refractivity contribution in [2.75, 3.05) is 13.3 Å². The third-order valence-electron chi connectivity index (χ3n) is 1.33. The normalized spacial score (nSPS) is 17.6. The molecule has 0 fully saturated rings. The van der Waals surface area contributed by atoms with Gasteiger partial charge in [0, 0.05) is 6.26 Å². The van der Waals surface area contributed by atoms with E-state index < -0.39 is 16.0 Å². The molecule has 0 N–H and O–H groups in total. The Kier molecular flexibility index (Phi) is 5.45. The molecule has 1 unspecified atom stereocenters. The summed E-state index contributed by atoms with van der Waals surface area (Å²) in [7, 11) is -2.02. The van der Waals surface area contributed by atoms with Gasteiger partial charge in [-0.15, -0.1) is 5.10 Å². The van der Waals surface area contributed by atoms with Crippen LogP contribution in [0.25, 0.3) is 0 Å². The van der Waals surface area contributed by atoms with Crippen molar-refractivity contribution in [3.8, 4) is 0 Å². The second-order valence-corrected chi connectivity index (χ2v) is 4.73. The van der Waals surface area contributed by atoms with Gasteiger partial charge in [0.2, 0.25) is 0 Å². The van der Waals surface area contributed by atoms with Crippen molar-refractivity contribution in [2.24, 2.45) is 15.4 Å². The van der Waals surface area contributed by atoms with E-state index in [-0.39, 0.29) is 0 Å². The van der Waals surface area contributed by atoms with Gasteiger partial charge in [0.1, 0.15) is 0 Å². The summed E-state index contributed by atoms with van der Waals surface area (Å²) in [5.41, 5.74) is 0. The first kappa shape index (κ1) is 12.2. The van der Waals surface area contributed by atoms with Crippen LogP contribution in [0.2, 0.25) is 0 Å². The van der Waals surface area contributed by atoms with Crippen LogP contribution in [0, 0.1) is 0 Å². The lowest BCUT2D eigenvalue weighted by molar-refractivity contribution is 0.739. The van der Waals surface area contributed by atoms with Crippen LogP contribution < -0.4 is 0 Å². The average Bonchev–Trinajstić information content (AvgIpc) is 2.02. The molecule has 0 heterocycles. The number of hydrogen-bond donors (Lipinski definition) is 0. The highest BCUT2D eigenvalue weighted by Gasteiger charge is 2.21. The Bertz CT molecular complexity index is 220. The number of hydrogen-bond acceptors (Lipinski definition) is 2. The fourth-order valence-corrected chi connectivity index (χ4v) is 0.831. The molecule has 0 rings (SSSR count). The van der Waals surface area contributed by atoms with Gasteiger partial charge in [-0.3, -0.25) is 0 Å². The highest BCUT2D eigenvalue weighted by atomic mass is 32.3. The third kappa shape index (κ3) is 6.39. The number of halogens is 2. The lowest BCUT2D eigenvalue weighted by Crippen LogP contribution is -2.00. The van der Waals surface area contributed by atoms with E-state index in [2.05, 4.69) is 15.4 Å². The van der Waals surface area contributed by atoms with Crippen molar-refractivity contribution in [3.05, 3.63) is 12.2 Å². The van der Waals surface area contributed by atoms with Crippen molar-refractivity contribution < 1.29 is 7.77 Å². The molecule has 0 bridgehead atoms. The molecule has 0 aromatic carbocycles. The lowest BCUT2D eigenvalue weighted by atomic mass is 10.4. The molecule has 0 saturated heterocycles. The van der Waals surface area contributed by atoms with Crippen molar-refractivity contribution in [3.63, 3.8) is 0 Å². The first-order chi connectivity index (χ1) is 5.98. The highest BCUT2D eigenvalue weighted by molar-refractivity contribution is 8.25. The number of nitrogens with zero attached hydrogens (tertiary/aromatic N) is 3. The Labute approximate surface area is 78.5 Å². The van der Waals surface area contributed by atoms with Gasteiger partial charge < -0.3 is 0 Å². The summed E-state index contributed by atoms with van der Waals surface area (Å²) < 4.78 is 25.3. The Morgan fingerprint density at radius 3 is 2.46 bits per heavy atom. The second-order valence-electron chi connectivity index (χ2n) is 2.42. The fraction of sp³-hybridized carbons (Fsp3) is 0.571. The molecule has 0 aromatic rings. The largest absolute Gasteiger partial charge is 0.172 e. The second kappa shape index (κ2) is 5.80. The molecular formula is C7H13F2N3S. The van der Waals surface area contributed by atoms with Gasteiger partial charge in [0.05, 0.1) is 29.3 Å². The molecule has 13 heavy (non-hydrogen) atoms. The molecule has 1 atom stereocenters. The summed E-state index contributed by atoms with van der Waals surface area (Å²) in [6.07, 6.45) is 5.15. The summed E-state index contributed by atoms with van der Waals surface area (Å²) in [6.45, 7) is 1.47. The first-order valence-electron chi connectivity index (χ1n) is 3.64. The Morgan fingerprint density at radius 1 is 1.38 bits per heavy atom. The molecule has 0 aliphatic rings. The fourth-order valence-electron chi connectivity index (χ4n) is 0.464. The van der Waals surface area contributed by atoms with Crippen molar-refractivity contribution in [1.82, 2.24) is 0 Å². The van der Waals surface area contributed by atoms with Crippen molar-refractivity contribution >= 4 is 17.0 Å². The molecule has 3 nitrogen and oxygen atoms in total. The molecule has 76 valence electrons. The van der Waals surface area contributed by atoms with Crippen LogP contribution in [-0.4, -0.2) is 24.8 Å². The average molecular weight is 209 g/mol. The van der Waals surface area contributed by atoms with E-state index in [1.807, 2.05) is 0 Å². The SMILES string of the molecule is CN=N/N=C/C=C\C(C)S(C)(F)F. The number of rotatable bonds is 4. The smallest absolute Gasteiger partial charge is 0.0606 e. The van der Waals surface area contributed by atoms with E-state index in [4.69, 9.17) is 0 Å². The molecule has 0 aliphatic carbocycles. The van der Waals surface area contributed by atoms with E-state index in [0.29, 0.717) is 0 Å². The summed E-state index contributed by atoms with van der Waals surface area (Å²) in [6, 6.07) is 0. The first-order valence-corrected chi connectivity index (χ1v) is 5.54. The maximum atomic E-state index is 12.6. The Balaban J connectivity index is 3.99. The maximum absolute atomic E-state index is 12.6. The molecule has 6 heteroatoms. The van der Waals surface area contributed by atoms with Crippen LogP contribution in [0.15, 0.2) is 27.6 Å². The molecule has 0 amide bonds. The molecular weight excluding hydrogens is 196 g/mol. The number of allylic oxidation sites excluding steroid dienone is 1. The molecule has 0 radical (unpaired) electrons. The van der Waals surface area contributed by atoms with E-state index in [1.165, 1.54) is 32.3 Å². The van der Waals surface area contributed by atoms with Crippen LogP contribution in [0.3, 0.4) is 0 Å². The van der Waals surface area contributed by atoms with Crippen LogP contribution in [-0.2, 0) is 0 Å². The van der Waals surface area contributed by atoms with Gasteiger partial charge in [-0.05, 0) is 18.2 Å². The minimum absolute atomic E-state index is 0.725. The maximum Gasteiger partial charge on any atom is 0.0606 e. The minimum atomic E-state index is -3.50. The predicted octanol–water partition coefficient (Wildman–Crippen LogP) is 3.20. The van der Waals surface area contributed by atoms with Gasteiger partial charge in [-0.2, -0.15) is 12.9 Å². The zero-order chi connectivity index (χ0) is 10.3. The quantitative estimate of drug-likeness (QED) is 0.387. The summed E-state index contributed by atoms with van der Waals surface area (Å²) >= 11 is 0. The van der Waals surface area contributed by atoms with E-state index >= 15 is 0 Å². The van der Waals surface area contributed by atoms with Gasteiger partial charge in [-0.25, -0.2) is 0 Å². The molecule has 0 aromatic heterocycles. The van der Waals surface area contributed by atoms with Crippen LogP contribution in [0.1, 0.15) is 6.92 Å². The summed E-state index contributed by atoms with van der Waals surface area (Å²) in [5.74, 6) is 0. The monoisotopic (exact) mass is 209 g/mol. The topological polar surface area (TPSA) is 37.1 Å². The van der Waals surface area contributed by atoms with Gasteiger partial charge in [0.25, 0.3) is 0 Å². The van der Waals surface area contributed by atoms with Crippen LogP contribution in [0.5, 0.6) is 0 Å². The zero-order valence-corrected chi connectivity index (χ0v) is 8.63. The predicted molar refractivity (Wildman–Crippen MR) is 53.6 cm³/mol. The standard InChI is InChI=1S/C7H13F2N3S/c1-7(13(3,8)9)5-4-6-11-12-10-2/h4-7H,1-3H3/b5-4-,11-6+,12-10?. The van der Waals surface area contributed by atoms with Crippen molar-refractivity contribution in [1.29, 1.82) is 0 Å². The minimum Gasteiger partial charge on any atom is -0.172 e. The molecule has 0 aliphatic heterocycles. The van der Waals surface area contributed by atoms with E-state index in [0.717, 1.165) is 6.26 Å². The van der Waals surface area contributed by atoms with Gasteiger partial charge >= 0.3 is 0 Å². The summed E-state index contributed by atoms with van der Waals surface area (Å²) in [5, 5.41) is 9.37.